The average Bonchev–Trinajstić information content (AvgIpc) is 3.22. The third kappa shape index (κ3) is 5.04. The smallest absolute Gasteiger partial charge is 0.258 e. The minimum atomic E-state index is -3.66. The van der Waals surface area contributed by atoms with Gasteiger partial charge in [0.2, 0.25) is 15.9 Å². The van der Waals surface area contributed by atoms with Crippen molar-refractivity contribution in [3.63, 3.8) is 0 Å². The number of amides is 2. The second-order valence-electron chi connectivity index (χ2n) is 7.87. The molecule has 1 aliphatic heterocycles. The van der Waals surface area contributed by atoms with Crippen LogP contribution in [0, 0.1) is 0 Å². The summed E-state index contributed by atoms with van der Waals surface area (Å²) in [6.07, 6.45) is 0. The molecule has 3 aromatic rings. The van der Waals surface area contributed by atoms with E-state index in [1.807, 2.05) is 54.6 Å². The fraction of sp³-hybridized carbons (Fsp3) is 0.154. The molecule has 1 aliphatic rings. The quantitative estimate of drug-likeness (QED) is 0.419. The second kappa shape index (κ2) is 10.0. The lowest BCUT2D eigenvalue weighted by molar-refractivity contribution is -0.119. The van der Waals surface area contributed by atoms with Gasteiger partial charge in [-0.3, -0.25) is 13.9 Å². The summed E-state index contributed by atoms with van der Waals surface area (Å²) in [7, 11) is -2.20. The summed E-state index contributed by atoms with van der Waals surface area (Å²) in [6, 6.07) is 23.7. The Morgan fingerprint density at radius 3 is 2.26 bits per heavy atom. The lowest BCUT2D eigenvalue weighted by Gasteiger charge is -2.23. The fourth-order valence-corrected chi connectivity index (χ4v) is 4.89. The summed E-state index contributed by atoms with van der Waals surface area (Å²) in [5.41, 5.74) is 4.55. The molecule has 3 N–H and O–H groups in total. The Hall–Kier alpha value is -4.11. The molecule has 2 amide bonds. The number of rotatable bonds is 8. The van der Waals surface area contributed by atoms with Gasteiger partial charge in [-0.25, -0.2) is 8.42 Å². The number of hydrogen-bond donors (Lipinski definition) is 3. The summed E-state index contributed by atoms with van der Waals surface area (Å²) in [5, 5.41) is 8.72. The van der Waals surface area contributed by atoms with Gasteiger partial charge < -0.3 is 16.0 Å². The molecule has 0 saturated carbocycles. The predicted molar refractivity (Wildman–Crippen MR) is 139 cm³/mol. The molecule has 0 aliphatic carbocycles. The molecule has 35 heavy (non-hydrogen) atoms. The predicted octanol–water partition coefficient (Wildman–Crippen LogP) is 3.52. The molecule has 3 aromatic carbocycles. The lowest BCUT2D eigenvalue weighted by Crippen LogP contribution is -2.40. The zero-order valence-electron chi connectivity index (χ0n) is 19.4. The van der Waals surface area contributed by atoms with Crippen LogP contribution in [-0.2, 0) is 19.6 Å². The molecular weight excluding hydrogens is 464 g/mol. The number of carbonyl (C=O) groups excluding carboxylic acids is 2. The number of benzene rings is 3. The van der Waals surface area contributed by atoms with Gasteiger partial charge in [-0.2, -0.15) is 0 Å². The van der Waals surface area contributed by atoms with Crippen molar-refractivity contribution in [2.75, 3.05) is 34.3 Å². The van der Waals surface area contributed by atoms with Crippen LogP contribution in [0.5, 0.6) is 0 Å². The molecule has 8 nitrogen and oxygen atoms in total. The van der Waals surface area contributed by atoms with Crippen molar-refractivity contribution in [1.29, 1.82) is 0 Å². The molecule has 0 radical (unpaired) electrons. The highest BCUT2D eigenvalue weighted by Crippen LogP contribution is 2.37. The van der Waals surface area contributed by atoms with Crippen molar-refractivity contribution in [2.24, 2.45) is 0 Å². The Morgan fingerprint density at radius 2 is 1.60 bits per heavy atom. The number of sulfonamides is 1. The van der Waals surface area contributed by atoms with E-state index >= 15 is 0 Å². The third-order valence-corrected chi connectivity index (χ3v) is 7.42. The molecule has 0 spiro atoms. The average molecular weight is 491 g/mol. The van der Waals surface area contributed by atoms with Crippen molar-refractivity contribution in [2.45, 2.75) is 6.92 Å². The van der Waals surface area contributed by atoms with Gasteiger partial charge in [-0.15, -0.1) is 0 Å². The minimum absolute atomic E-state index is 0.136. The maximum Gasteiger partial charge on any atom is 0.258 e. The number of para-hydroxylation sites is 1. The van der Waals surface area contributed by atoms with E-state index in [2.05, 4.69) is 16.0 Å². The molecule has 1 heterocycles. The number of likely N-dealkylation sites (N-methyl/N-ethyl adjacent to an activating group) is 1. The van der Waals surface area contributed by atoms with Gasteiger partial charge in [0.05, 0.1) is 22.7 Å². The zero-order chi connectivity index (χ0) is 25.0. The summed E-state index contributed by atoms with van der Waals surface area (Å²) < 4.78 is 26.3. The minimum Gasteiger partial charge on any atom is -0.358 e. The Balaban J connectivity index is 1.73. The van der Waals surface area contributed by atoms with Crippen molar-refractivity contribution in [3.05, 3.63) is 90.0 Å². The first kappa shape index (κ1) is 24.0. The molecular formula is C26H26N4O4S. The number of fused-ring (bicyclic) bond motifs is 1. The molecule has 0 atom stereocenters. The summed E-state index contributed by atoms with van der Waals surface area (Å²) in [4.78, 5) is 24.9. The van der Waals surface area contributed by atoms with Gasteiger partial charge in [0.25, 0.3) is 5.91 Å². The van der Waals surface area contributed by atoms with Crippen LogP contribution in [0.3, 0.4) is 0 Å². The van der Waals surface area contributed by atoms with Crippen molar-refractivity contribution in [1.82, 2.24) is 5.32 Å². The second-order valence-corrected chi connectivity index (χ2v) is 10.0. The van der Waals surface area contributed by atoms with Gasteiger partial charge >= 0.3 is 0 Å². The first-order valence-electron chi connectivity index (χ1n) is 11.1. The molecule has 0 aromatic heterocycles. The first-order valence-corrected chi connectivity index (χ1v) is 12.7. The normalized spacial score (nSPS) is 14.1. The fourth-order valence-electron chi connectivity index (χ4n) is 3.82. The van der Waals surface area contributed by atoms with Gasteiger partial charge in [-0.1, -0.05) is 48.5 Å². The standard InChI is InChI=1S/C26H26N4O4S/c1-3-35(33,34)30(17-23(31)27-2)20-15-13-19(14-16-20)28-25(18-9-5-4-6-10-18)24-21-11-7-8-12-22(21)29-26(24)32/h4-16,28H,3,17H2,1-2H3,(H,27,31)(H,29,32). The Bertz CT molecular complexity index is 1380. The molecule has 0 bridgehead atoms. The number of nitrogens with zero attached hydrogens (tertiary/aromatic N) is 1. The van der Waals surface area contributed by atoms with Gasteiger partial charge in [0, 0.05) is 24.0 Å². The molecule has 0 fully saturated rings. The molecule has 0 unspecified atom stereocenters. The highest BCUT2D eigenvalue weighted by molar-refractivity contribution is 7.92. The van der Waals surface area contributed by atoms with Crippen LogP contribution in [0.4, 0.5) is 17.1 Å². The van der Waals surface area contributed by atoms with Crippen LogP contribution in [0.25, 0.3) is 11.3 Å². The molecule has 0 saturated heterocycles. The third-order valence-electron chi connectivity index (χ3n) is 5.68. The van der Waals surface area contributed by atoms with E-state index in [0.717, 1.165) is 21.1 Å². The van der Waals surface area contributed by atoms with Crippen molar-refractivity contribution >= 4 is 50.2 Å². The van der Waals surface area contributed by atoms with Crippen LogP contribution in [0.2, 0.25) is 0 Å². The Labute approximate surface area is 204 Å². The van der Waals surface area contributed by atoms with E-state index in [-0.39, 0.29) is 18.2 Å². The zero-order valence-corrected chi connectivity index (χ0v) is 20.2. The maximum absolute atomic E-state index is 12.9. The SMILES string of the molecule is CCS(=O)(=O)N(CC(=O)NC)c1ccc(NC(=C2C(=O)Nc3ccccc32)c2ccccc2)cc1. The maximum atomic E-state index is 12.9. The van der Waals surface area contributed by atoms with Crippen LogP contribution >= 0.6 is 0 Å². The van der Waals surface area contributed by atoms with E-state index < -0.39 is 15.9 Å². The van der Waals surface area contributed by atoms with Crippen LogP contribution in [-0.4, -0.2) is 39.6 Å². The highest BCUT2D eigenvalue weighted by atomic mass is 32.2. The van der Waals surface area contributed by atoms with Gasteiger partial charge in [0.15, 0.2) is 0 Å². The highest BCUT2D eigenvalue weighted by Gasteiger charge is 2.28. The summed E-state index contributed by atoms with van der Waals surface area (Å²) in [5.74, 6) is -0.755. The van der Waals surface area contributed by atoms with E-state index in [4.69, 9.17) is 0 Å². The van der Waals surface area contributed by atoms with Gasteiger partial charge in [-0.05, 0) is 42.8 Å². The largest absolute Gasteiger partial charge is 0.358 e. The first-order chi connectivity index (χ1) is 16.8. The number of hydrogen-bond acceptors (Lipinski definition) is 5. The molecule has 180 valence electrons. The van der Waals surface area contributed by atoms with E-state index in [9.17, 15) is 18.0 Å². The van der Waals surface area contributed by atoms with Crippen LogP contribution < -0.4 is 20.3 Å². The van der Waals surface area contributed by atoms with Crippen molar-refractivity contribution < 1.29 is 18.0 Å². The lowest BCUT2D eigenvalue weighted by atomic mass is 10.00. The number of nitrogens with one attached hydrogen (secondary N) is 3. The number of carbonyl (C=O) groups is 2. The van der Waals surface area contributed by atoms with Crippen LogP contribution in [0.15, 0.2) is 78.9 Å². The van der Waals surface area contributed by atoms with Crippen LogP contribution in [0.1, 0.15) is 18.1 Å². The van der Waals surface area contributed by atoms with Gasteiger partial charge in [0.1, 0.15) is 6.54 Å². The van der Waals surface area contributed by atoms with E-state index in [0.29, 0.717) is 22.6 Å². The molecule has 4 rings (SSSR count). The Morgan fingerprint density at radius 1 is 0.943 bits per heavy atom. The van der Waals surface area contributed by atoms with Crippen molar-refractivity contribution in [3.8, 4) is 0 Å². The Kier molecular flexibility index (Phi) is 6.88. The molecule has 9 heteroatoms. The number of anilines is 3. The summed E-state index contributed by atoms with van der Waals surface area (Å²) >= 11 is 0. The van der Waals surface area contributed by atoms with E-state index in [1.54, 1.807) is 24.3 Å². The monoisotopic (exact) mass is 490 g/mol. The summed E-state index contributed by atoms with van der Waals surface area (Å²) in [6.45, 7) is 1.22. The topological polar surface area (TPSA) is 108 Å². The van der Waals surface area contributed by atoms with E-state index in [1.165, 1.54) is 14.0 Å².